The van der Waals surface area contributed by atoms with Crippen LogP contribution < -0.4 is 16.3 Å². The summed E-state index contributed by atoms with van der Waals surface area (Å²) in [7, 11) is 0. The van der Waals surface area contributed by atoms with Crippen molar-refractivity contribution in [3.8, 4) is 0 Å². The number of nitrogens with zero attached hydrogens (tertiary/aromatic N) is 1. The van der Waals surface area contributed by atoms with Crippen LogP contribution in [0.4, 0.5) is 11.4 Å². The first-order valence-corrected chi connectivity index (χ1v) is 6.13. The lowest BCUT2D eigenvalue weighted by molar-refractivity contribution is 0.0980. The maximum absolute atomic E-state index is 12.4. The Balaban J connectivity index is 1.99. The maximum atomic E-state index is 12.4. The van der Waals surface area contributed by atoms with Crippen LogP contribution in [0, 0.1) is 0 Å². The quantitative estimate of drug-likeness (QED) is 0.662. The molecule has 0 atom stereocenters. The molecule has 0 unspecified atom stereocenters. The van der Waals surface area contributed by atoms with Crippen LogP contribution in [0.5, 0.6) is 0 Å². The lowest BCUT2D eigenvalue weighted by atomic mass is 10.0. The number of rotatable bonds is 1. The Kier molecular flexibility index (Phi) is 2.63. The Hall–Kier alpha value is -2.50. The number of hydrogen-bond donors (Lipinski definition) is 3. The Morgan fingerprint density at radius 3 is 2.95 bits per heavy atom. The van der Waals surface area contributed by atoms with Crippen LogP contribution in [0.1, 0.15) is 22.5 Å². The third-order valence-electron chi connectivity index (χ3n) is 3.29. The number of imidazole rings is 1. The third kappa shape index (κ3) is 2.01. The number of nitrogens with one attached hydrogen (secondary N) is 2. The zero-order valence-corrected chi connectivity index (χ0v) is 10.3. The summed E-state index contributed by atoms with van der Waals surface area (Å²) < 4.78 is 0. The van der Waals surface area contributed by atoms with Crippen LogP contribution in [0.3, 0.4) is 0 Å². The largest absolute Gasteiger partial charge is 0.399 e. The van der Waals surface area contributed by atoms with Crippen molar-refractivity contribution in [2.45, 2.75) is 12.8 Å². The van der Waals surface area contributed by atoms with Crippen LogP contribution in [-0.2, 0) is 6.42 Å². The fraction of sp³-hybridized carbons (Fsp3) is 0.231. The van der Waals surface area contributed by atoms with E-state index in [-0.39, 0.29) is 17.3 Å². The number of benzene rings is 1. The molecule has 1 aromatic heterocycles. The first-order valence-electron chi connectivity index (χ1n) is 6.13. The highest BCUT2D eigenvalue weighted by atomic mass is 16.2. The van der Waals surface area contributed by atoms with Crippen molar-refractivity contribution >= 4 is 17.3 Å². The van der Waals surface area contributed by atoms with Crippen molar-refractivity contribution in [2.75, 3.05) is 17.2 Å². The molecule has 0 bridgehead atoms. The first kappa shape index (κ1) is 11.6. The van der Waals surface area contributed by atoms with E-state index in [4.69, 9.17) is 5.73 Å². The van der Waals surface area contributed by atoms with E-state index in [0.29, 0.717) is 12.2 Å². The molecule has 1 aliphatic rings. The van der Waals surface area contributed by atoms with E-state index in [9.17, 15) is 9.59 Å². The van der Waals surface area contributed by atoms with Crippen molar-refractivity contribution in [1.29, 1.82) is 0 Å². The number of aryl methyl sites for hydroxylation is 1. The molecule has 0 fully saturated rings. The molecule has 3 rings (SSSR count). The molecule has 4 N–H and O–H groups in total. The minimum atomic E-state index is -0.377. The van der Waals surface area contributed by atoms with Gasteiger partial charge in [0, 0.05) is 24.1 Å². The molecule has 6 heteroatoms. The number of nitrogen functional groups attached to an aromatic ring is 1. The third-order valence-corrected chi connectivity index (χ3v) is 3.29. The van der Waals surface area contributed by atoms with E-state index in [1.54, 1.807) is 11.0 Å². The monoisotopic (exact) mass is 258 g/mol. The predicted octanol–water partition coefficient (Wildman–Crippen LogP) is 0.878. The lowest BCUT2D eigenvalue weighted by Crippen LogP contribution is -2.35. The van der Waals surface area contributed by atoms with Crippen molar-refractivity contribution < 1.29 is 4.79 Å². The van der Waals surface area contributed by atoms with Crippen molar-refractivity contribution in [1.82, 2.24) is 9.97 Å². The van der Waals surface area contributed by atoms with Crippen molar-refractivity contribution in [3.05, 3.63) is 46.1 Å². The number of nitrogens with two attached hydrogens (primary N) is 1. The number of fused-ring (bicyclic) bond motifs is 1. The van der Waals surface area contributed by atoms with E-state index in [1.807, 2.05) is 12.1 Å². The standard InChI is InChI=1S/C13H14N4O2/c14-9-3-4-11-8(6-9)2-1-5-17(11)12(18)10-7-15-13(19)16-10/h3-4,6-7H,1-2,5,14H2,(H2,15,16,19). The molecule has 98 valence electrons. The SMILES string of the molecule is Nc1ccc2c(c1)CCCN2C(=O)c1c[nH]c(=O)[nH]1. The fourth-order valence-corrected chi connectivity index (χ4v) is 2.42. The van der Waals surface area contributed by atoms with Gasteiger partial charge in [0.2, 0.25) is 0 Å². The van der Waals surface area contributed by atoms with Crippen LogP contribution in [0.25, 0.3) is 0 Å². The van der Waals surface area contributed by atoms with E-state index in [1.165, 1.54) is 6.20 Å². The van der Waals surface area contributed by atoms with Gasteiger partial charge in [-0.1, -0.05) is 0 Å². The lowest BCUT2D eigenvalue weighted by Gasteiger charge is -2.29. The molecule has 1 aliphatic heterocycles. The number of anilines is 2. The number of amides is 1. The second kappa shape index (κ2) is 4.31. The van der Waals surface area contributed by atoms with E-state index >= 15 is 0 Å². The van der Waals surface area contributed by atoms with Gasteiger partial charge in [-0.3, -0.25) is 4.79 Å². The number of H-pyrrole nitrogens is 2. The molecule has 1 amide bonds. The predicted molar refractivity (Wildman–Crippen MR) is 72.3 cm³/mol. The molecule has 2 heterocycles. The summed E-state index contributed by atoms with van der Waals surface area (Å²) in [6, 6.07) is 5.53. The van der Waals surface area contributed by atoms with Gasteiger partial charge in [-0.05, 0) is 36.6 Å². The molecular formula is C13H14N4O2. The molecule has 0 aliphatic carbocycles. The normalized spacial score (nSPS) is 14.2. The van der Waals surface area contributed by atoms with E-state index in [2.05, 4.69) is 9.97 Å². The van der Waals surface area contributed by atoms with E-state index < -0.39 is 0 Å². The number of carbonyl (C=O) groups is 1. The van der Waals surface area contributed by atoms with Crippen LogP contribution >= 0.6 is 0 Å². The van der Waals surface area contributed by atoms with E-state index in [0.717, 1.165) is 24.1 Å². The number of aromatic nitrogens is 2. The highest BCUT2D eigenvalue weighted by Gasteiger charge is 2.24. The molecule has 0 saturated carbocycles. The molecule has 0 spiro atoms. The summed E-state index contributed by atoms with van der Waals surface area (Å²) >= 11 is 0. The first-order chi connectivity index (χ1) is 9.15. The molecule has 0 radical (unpaired) electrons. The van der Waals surface area contributed by atoms with Gasteiger partial charge >= 0.3 is 5.69 Å². The summed E-state index contributed by atoms with van der Waals surface area (Å²) in [6.07, 6.45) is 3.20. The van der Waals surface area contributed by atoms with Gasteiger partial charge in [0.05, 0.1) is 0 Å². The van der Waals surface area contributed by atoms with Gasteiger partial charge in [-0.2, -0.15) is 0 Å². The molecule has 0 saturated heterocycles. The maximum Gasteiger partial charge on any atom is 0.323 e. The highest BCUT2D eigenvalue weighted by molar-refractivity contribution is 6.05. The van der Waals surface area contributed by atoms with Crippen molar-refractivity contribution in [3.63, 3.8) is 0 Å². The summed E-state index contributed by atoms with van der Waals surface area (Å²) in [5.74, 6) is -0.205. The number of aromatic amines is 2. The Bertz CT molecular complexity index is 686. The molecular weight excluding hydrogens is 244 g/mol. The second-order valence-corrected chi connectivity index (χ2v) is 4.60. The zero-order chi connectivity index (χ0) is 13.4. The molecule has 6 nitrogen and oxygen atoms in total. The zero-order valence-electron chi connectivity index (χ0n) is 10.3. The average molecular weight is 258 g/mol. The second-order valence-electron chi connectivity index (χ2n) is 4.60. The fourth-order valence-electron chi connectivity index (χ4n) is 2.42. The van der Waals surface area contributed by atoms with Crippen LogP contribution in [0.2, 0.25) is 0 Å². The van der Waals surface area contributed by atoms with Crippen LogP contribution in [0.15, 0.2) is 29.2 Å². The van der Waals surface area contributed by atoms with Crippen LogP contribution in [-0.4, -0.2) is 22.4 Å². The van der Waals surface area contributed by atoms with Gasteiger partial charge in [0.15, 0.2) is 0 Å². The average Bonchev–Trinajstić information content (AvgIpc) is 2.83. The molecule has 1 aromatic carbocycles. The topological polar surface area (TPSA) is 95.0 Å². The highest BCUT2D eigenvalue weighted by Crippen LogP contribution is 2.29. The summed E-state index contributed by atoms with van der Waals surface area (Å²) in [5.41, 5.74) is 8.29. The Labute approximate surface area is 109 Å². The number of hydrogen-bond acceptors (Lipinski definition) is 3. The van der Waals surface area contributed by atoms with Crippen molar-refractivity contribution in [2.24, 2.45) is 0 Å². The Morgan fingerprint density at radius 1 is 1.37 bits per heavy atom. The summed E-state index contributed by atoms with van der Waals surface area (Å²) in [6.45, 7) is 0.642. The van der Waals surface area contributed by atoms with Gasteiger partial charge in [0.25, 0.3) is 5.91 Å². The van der Waals surface area contributed by atoms with Gasteiger partial charge in [-0.15, -0.1) is 0 Å². The van der Waals surface area contributed by atoms with Gasteiger partial charge < -0.3 is 20.6 Å². The molecule has 2 aromatic rings. The minimum Gasteiger partial charge on any atom is -0.399 e. The molecule has 19 heavy (non-hydrogen) atoms. The smallest absolute Gasteiger partial charge is 0.323 e. The van der Waals surface area contributed by atoms with Gasteiger partial charge in [0.1, 0.15) is 5.69 Å². The summed E-state index contributed by atoms with van der Waals surface area (Å²) in [4.78, 5) is 30.0. The van der Waals surface area contributed by atoms with Gasteiger partial charge in [-0.25, -0.2) is 4.79 Å². The number of carbonyl (C=O) groups excluding carboxylic acids is 1. The minimum absolute atomic E-state index is 0.205. The Morgan fingerprint density at radius 2 is 2.21 bits per heavy atom. The summed E-state index contributed by atoms with van der Waals surface area (Å²) in [5, 5.41) is 0.